The smallest absolute Gasteiger partial charge is 0.0641 e. The van der Waals surface area contributed by atoms with Gasteiger partial charge in [0.1, 0.15) is 0 Å². The van der Waals surface area contributed by atoms with Crippen LogP contribution in [0.4, 0.5) is 0 Å². The van der Waals surface area contributed by atoms with Crippen molar-refractivity contribution in [3.05, 3.63) is 47.0 Å². The molecule has 2 aromatic rings. The van der Waals surface area contributed by atoms with Gasteiger partial charge in [-0.1, -0.05) is 6.07 Å². The van der Waals surface area contributed by atoms with Gasteiger partial charge in [0.2, 0.25) is 0 Å². The summed E-state index contributed by atoms with van der Waals surface area (Å²) in [6, 6.07) is 4.35. The van der Waals surface area contributed by atoms with E-state index < -0.39 is 0 Å². The average molecular weight is 244 g/mol. The van der Waals surface area contributed by atoms with E-state index in [1.54, 1.807) is 6.20 Å². The van der Waals surface area contributed by atoms with Crippen LogP contribution in [0.15, 0.2) is 24.5 Å². The zero-order valence-electron chi connectivity index (χ0n) is 11.4. The van der Waals surface area contributed by atoms with E-state index in [1.165, 1.54) is 16.8 Å². The summed E-state index contributed by atoms with van der Waals surface area (Å²) in [5.74, 6) is 0. The Bertz CT molecular complexity index is 516. The first-order valence-corrected chi connectivity index (χ1v) is 6.22. The lowest BCUT2D eigenvalue weighted by Gasteiger charge is -2.14. The van der Waals surface area contributed by atoms with Gasteiger partial charge in [0.15, 0.2) is 0 Å². The number of nitrogens with zero attached hydrogens (tertiary/aromatic N) is 3. The topological polar surface area (TPSA) is 42.7 Å². The van der Waals surface area contributed by atoms with Crippen LogP contribution in [0, 0.1) is 13.8 Å². The predicted molar refractivity (Wildman–Crippen MR) is 72.2 cm³/mol. The Labute approximate surface area is 108 Å². The minimum atomic E-state index is 0.290. The first kappa shape index (κ1) is 12.8. The summed E-state index contributed by atoms with van der Waals surface area (Å²) in [5.41, 5.74) is 4.81. The van der Waals surface area contributed by atoms with E-state index in [9.17, 15) is 0 Å². The molecule has 0 spiro atoms. The maximum Gasteiger partial charge on any atom is 0.0641 e. The summed E-state index contributed by atoms with van der Waals surface area (Å²) < 4.78 is 1.93. The highest BCUT2D eigenvalue weighted by Crippen LogP contribution is 2.15. The van der Waals surface area contributed by atoms with E-state index in [4.69, 9.17) is 0 Å². The van der Waals surface area contributed by atoms with Gasteiger partial charge >= 0.3 is 0 Å². The molecule has 0 bridgehead atoms. The minimum Gasteiger partial charge on any atom is -0.306 e. The third-order valence-corrected chi connectivity index (χ3v) is 3.43. The Morgan fingerprint density at radius 3 is 2.72 bits per heavy atom. The highest BCUT2D eigenvalue weighted by Gasteiger charge is 2.11. The number of aromatic nitrogens is 3. The molecule has 18 heavy (non-hydrogen) atoms. The third-order valence-electron chi connectivity index (χ3n) is 3.43. The number of nitrogens with one attached hydrogen (secondary N) is 1. The van der Waals surface area contributed by atoms with Gasteiger partial charge in [0.25, 0.3) is 0 Å². The van der Waals surface area contributed by atoms with Gasteiger partial charge in [-0.15, -0.1) is 0 Å². The maximum atomic E-state index is 4.43. The second-order valence-electron chi connectivity index (χ2n) is 4.66. The summed E-state index contributed by atoms with van der Waals surface area (Å²) in [6.07, 6.45) is 3.70. The molecule has 0 amide bonds. The molecular weight excluding hydrogens is 224 g/mol. The first-order chi connectivity index (χ1) is 8.59. The highest BCUT2D eigenvalue weighted by molar-refractivity contribution is 5.24. The van der Waals surface area contributed by atoms with Gasteiger partial charge in [0, 0.05) is 43.3 Å². The zero-order chi connectivity index (χ0) is 13.1. The monoisotopic (exact) mass is 244 g/mol. The van der Waals surface area contributed by atoms with Gasteiger partial charge in [-0.2, -0.15) is 5.10 Å². The lowest BCUT2D eigenvalue weighted by Crippen LogP contribution is -2.19. The van der Waals surface area contributed by atoms with Crippen molar-refractivity contribution >= 4 is 0 Å². The van der Waals surface area contributed by atoms with Crippen LogP contribution in [-0.4, -0.2) is 14.8 Å². The lowest BCUT2D eigenvalue weighted by atomic mass is 10.1. The second-order valence-corrected chi connectivity index (χ2v) is 4.66. The number of aryl methyl sites for hydroxylation is 2. The fraction of sp³-hybridized carbons (Fsp3) is 0.429. The van der Waals surface area contributed by atoms with E-state index in [0.717, 1.165) is 12.2 Å². The Morgan fingerprint density at radius 2 is 2.17 bits per heavy atom. The molecule has 0 aliphatic carbocycles. The van der Waals surface area contributed by atoms with Gasteiger partial charge in [-0.25, -0.2) is 0 Å². The average Bonchev–Trinajstić information content (AvgIpc) is 2.62. The lowest BCUT2D eigenvalue weighted by molar-refractivity contribution is 0.570. The molecule has 0 aliphatic heterocycles. The second kappa shape index (κ2) is 5.31. The van der Waals surface area contributed by atoms with E-state index in [0.29, 0.717) is 0 Å². The molecule has 96 valence electrons. The van der Waals surface area contributed by atoms with Crippen LogP contribution in [0.1, 0.15) is 35.5 Å². The van der Waals surface area contributed by atoms with Crippen molar-refractivity contribution in [3.63, 3.8) is 0 Å². The van der Waals surface area contributed by atoms with Gasteiger partial charge in [0.05, 0.1) is 5.69 Å². The van der Waals surface area contributed by atoms with Crippen molar-refractivity contribution in [2.75, 3.05) is 0 Å². The van der Waals surface area contributed by atoms with Crippen LogP contribution in [0.25, 0.3) is 0 Å². The first-order valence-electron chi connectivity index (χ1n) is 6.22. The van der Waals surface area contributed by atoms with Crippen LogP contribution >= 0.6 is 0 Å². The highest BCUT2D eigenvalue weighted by atomic mass is 15.3. The van der Waals surface area contributed by atoms with Gasteiger partial charge < -0.3 is 5.32 Å². The molecular formula is C14H20N4. The molecule has 1 N–H and O–H groups in total. The van der Waals surface area contributed by atoms with E-state index in [2.05, 4.69) is 42.2 Å². The van der Waals surface area contributed by atoms with Crippen LogP contribution < -0.4 is 5.32 Å². The maximum absolute atomic E-state index is 4.43. The zero-order valence-corrected chi connectivity index (χ0v) is 11.4. The van der Waals surface area contributed by atoms with Crippen LogP contribution in [-0.2, 0) is 13.6 Å². The Morgan fingerprint density at radius 1 is 1.39 bits per heavy atom. The molecule has 0 unspecified atom stereocenters. The van der Waals surface area contributed by atoms with Crippen molar-refractivity contribution < 1.29 is 0 Å². The van der Waals surface area contributed by atoms with E-state index in [1.807, 2.05) is 24.0 Å². The summed E-state index contributed by atoms with van der Waals surface area (Å²) >= 11 is 0. The van der Waals surface area contributed by atoms with E-state index >= 15 is 0 Å². The van der Waals surface area contributed by atoms with Crippen molar-refractivity contribution in [2.24, 2.45) is 7.05 Å². The number of pyridine rings is 1. The molecule has 0 saturated carbocycles. The molecule has 0 aromatic carbocycles. The molecule has 0 radical (unpaired) electrons. The summed E-state index contributed by atoms with van der Waals surface area (Å²) in [7, 11) is 1.98. The minimum absolute atomic E-state index is 0.290. The Kier molecular flexibility index (Phi) is 3.77. The largest absolute Gasteiger partial charge is 0.306 e. The van der Waals surface area contributed by atoms with Crippen molar-refractivity contribution in [3.8, 4) is 0 Å². The molecule has 2 heterocycles. The van der Waals surface area contributed by atoms with E-state index in [-0.39, 0.29) is 6.04 Å². The van der Waals surface area contributed by atoms with Crippen molar-refractivity contribution in [1.29, 1.82) is 0 Å². The number of hydrogen-bond donors (Lipinski definition) is 1. The standard InChI is InChI=1S/C14H20N4/c1-10(13-6-5-7-15-8-13)16-9-14-11(2)17-18(4)12(14)3/h5-8,10,16H,9H2,1-4H3/t10-/m0/s1. The predicted octanol–water partition coefficient (Wildman–Crippen LogP) is 2.28. The summed E-state index contributed by atoms with van der Waals surface area (Å²) in [4.78, 5) is 4.14. The Balaban J connectivity index is 2.04. The van der Waals surface area contributed by atoms with Crippen molar-refractivity contribution in [2.45, 2.75) is 33.4 Å². The Hall–Kier alpha value is -1.68. The summed E-state index contributed by atoms with van der Waals surface area (Å²) in [5, 5.41) is 7.94. The molecule has 0 saturated heterocycles. The third kappa shape index (κ3) is 2.59. The molecule has 0 aliphatic rings. The summed E-state index contributed by atoms with van der Waals surface area (Å²) in [6.45, 7) is 7.14. The van der Waals surface area contributed by atoms with Crippen LogP contribution in [0.3, 0.4) is 0 Å². The quantitative estimate of drug-likeness (QED) is 0.897. The number of rotatable bonds is 4. The molecule has 2 aromatic heterocycles. The van der Waals surface area contributed by atoms with Crippen LogP contribution in [0.5, 0.6) is 0 Å². The van der Waals surface area contributed by atoms with Crippen molar-refractivity contribution in [1.82, 2.24) is 20.1 Å². The molecule has 1 atom stereocenters. The molecule has 4 heteroatoms. The fourth-order valence-electron chi connectivity index (χ4n) is 2.08. The molecule has 4 nitrogen and oxygen atoms in total. The van der Waals surface area contributed by atoms with Gasteiger partial charge in [-0.3, -0.25) is 9.67 Å². The fourth-order valence-corrected chi connectivity index (χ4v) is 2.08. The van der Waals surface area contributed by atoms with Gasteiger partial charge in [-0.05, 0) is 32.4 Å². The normalized spacial score (nSPS) is 12.7. The molecule has 0 fully saturated rings. The molecule has 2 rings (SSSR count). The van der Waals surface area contributed by atoms with Crippen LogP contribution in [0.2, 0.25) is 0 Å². The SMILES string of the molecule is Cc1nn(C)c(C)c1CN[C@@H](C)c1cccnc1. The number of hydrogen-bond acceptors (Lipinski definition) is 3.